The van der Waals surface area contributed by atoms with Crippen LogP contribution in [-0.4, -0.2) is 31.5 Å². The highest BCUT2D eigenvalue weighted by molar-refractivity contribution is 7.89. The van der Waals surface area contributed by atoms with Crippen LogP contribution in [0.25, 0.3) is 0 Å². The SMILES string of the molecule is Nc1ccc(S(=O)(=O)N2CCCCC2C(F)(F)F)cc1. The number of nitrogens with zero attached hydrogens (tertiary/aromatic N) is 1. The summed E-state index contributed by atoms with van der Waals surface area (Å²) in [6.07, 6.45) is -3.95. The standard InChI is InChI=1S/C12H15F3N2O2S/c13-12(14,15)11-3-1-2-8-17(11)20(18,19)10-6-4-9(16)5-7-10/h4-7,11H,1-3,8,16H2. The van der Waals surface area contributed by atoms with E-state index in [1.54, 1.807) is 0 Å². The Bertz CT molecular complexity index is 569. The maximum Gasteiger partial charge on any atom is 0.405 e. The highest BCUT2D eigenvalue weighted by Crippen LogP contribution is 2.35. The van der Waals surface area contributed by atoms with E-state index in [1.165, 1.54) is 24.3 Å². The number of alkyl halides is 3. The molecule has 0 radical (unpaired) electrons. The summed E-state index contributed by atoms with van der Waals surface area (Å²) in [4.78, 5) is -0.164. The summed E-state index contributed by atoms with van der Waals surface area (Å²) >= 11 is 0. The lowest BCUT2D eigenvalue weighted by Crippen LogP contribution is -2.51. The highest BCUT2D eigenvalue weighted by Gasteiger charge is 2.48. The van der Waals surface area contributed by atoms with Crippen molar-refractivity contribution in [2.45, 2.75) is 36.4 Å². The molecule has 0 amide bonds. The molecule has 2 rings (SSSR count). The first-order chi connectivity index (χ1) is 9.23. The van der Waals surface area contributed by atoms with Gasteiger partial charge < -0.3 is 5.73 Å². The van der Waals surface area contributed by atoms with Crippen molar-refractivity contribution in [3.8, 4) is 0 Å². The molecule has 1 saturated heterocycles. The Morgan fingerprint density at radius 1 is 1.15 bits per heavy atom. The molecule has 0 spiro atoms. The molecular formula is C12H15F3N2O2S. The van der Waals surface area contributed by atoms with Crippen LogP contribution in [0.3, 0.4) is 0 Å². The molecule has 8 heteroatoms. The molecule has 1 aliphatic rings. The minimum atomic E-state index is -4.55. The number of anilines is 1. The van der Waals surface area contributed by atoms with E-state index >= 15 is 0 Å². The van der Waals surface area contributed by atoms with E-state index in [0.29, 0.717) is 22.8 Å². The molecule has 112 valence electrons. The van der Waals surface area contributed by atoms with Crippen LogP contribution in [0.4, 0.5) is 18.9 Å². The molecule has 2 N–H and O–H groups in total. The van der Waals surface area contributed by atoms with Gasteiger partial charge in [0.25, 0.3) is 0 Å². The Kier molecular flexibility index (Phi) is 3.97. The Morgan fingerprint density at radius 3 is 2.30 bits per heavy atom. The monoisotopic (exact) mass is 308 g/mol. The number of sulfonamides is 1. The van der Waals surface area contributed by atoms with Crippen molar-refractivity contribution in [1.29, 1.82) is 0 Å². The first-order valence-corrected chi connectivity index (χ1v) is 7.61. The van der Waals surface area contributed by atoms with Crippen LogP contribution in [0.15, 0.2) is 29.2 Å². The Labute approximate surface area is 115 Å². The summed E-state index contributed by atoms with van der Waals surface area (Å²) in [5, 5.41) is 0. The number of rotatable bonds is 2. The van der Waals surface area contributed by atoms with Gasteiger partial charge in [-0.2, -0.15) is 17.5 Å². The highest BCUT2D eigenvalue weighted by atomic mass is 32.2. The van der Waals surface area contributed by atoms with Crippen molar-refractivity contribution in [1.82, 2.24) is 4.31 Å². The van der Waals surface area contributed by atoms with Gasteiger partial charge in [-0.3, -0.25) is 0 Å². The number of nitrogen functional groups attached to an aromatic ring is 1. The Morgan fingerprint density at radius 2 is 1.75 bits per heavy atom. The number of nitrogens with two attached hydrogens (primary N) is 1. The van der Waals surface area contributed by atoms with Gasteiger partial charge in [0.15, 0.2) is 0 Å². The average molecular weight is 308 g/mol. The van der Waals surface area contributed by atoms with Gasteiger partial charge in [-0.15, -0.1) is 0 Å². The van der Waals surface area contributed by atoms with Gasteiger partial charge in [-0.25, -0.2) is 8.42 Å². The average Bonchev–Trinajstić information content (AvgIpc) is 2.38. The summed E-state index contributed by atoms with van der Waals surface area (Å²) in [6.45, 7) is -0.114. The molecule has 1 fully saturated rings. The maximum absolute atomic E-state index is 13.0. The topological polar surface area (TPSA) is 63.4 Å². The quantitative estimate of drug-likeness (QED) is 0.853. The molecule has 20 heavy (non-hydrogen) atoms. The van der Waals surface area contributed by atoms with Gasteiger partial charge in [0.2, 0.25) is 10.0 Å². The molecular weight excluding hydrogens is 293 g/mol. The second kappa shape index (κ2) is 5.25. The molecule has 1 aromatic carbocycles. The number of piperidine rings is 1. The molecule has 1 heterocycles. The van der Waals surface area contributed by atoms with Crippen molar-refractivity contribution in [2.75, 3.05) is 12.3 Å². The van der Waals surface area contributed by atoms with Crippen LogP contribution in [0, 0.1) is 0 Å². The summed E-state index contributed by atoms with van der Waals surface area (Å²) in [5.41, 5.74) is 5.81. The van der Waals surface area contributed by atoms with Crippen LogP contribution in [0.1, 0.15) is 19.3 Å². The fourth-order valence-corrected chi connectivity index (χ4v) is 3.98. The lowest BCUT2D eigenvalue weighted by atomic mass is 10.0. The molecule has 0 aliphatic carbocycles. The fourth-order valence-electron chi connectivity index (χ4n) is 2.29. The van der Waals surface area contributed by atoms with Crippen molar-refractivity contribution in [3.05, 3.63) is 24.3 Å². The summed E-state index contributed by atoms with van der Waals surface area (Å²) in [5.74, 6) is 0. The van der Waals surface area contributed by atoms with Crippen LogP contribution in [0.2, 0.25) is 0 Å². The zero-order valence-corrected chi connectivity index (χ0v) is 11.4. The summed E-state index contributed by atoms with van der Waals surface area (Å²) in [7, 11) is -4.15. The zero-order valence-electron chi connectivity index (χ0n) is 10.6. The first kappa shape index (κ1) is 15.1. The molecule has 0 saturated carbocycles. The minimum absolute atomic E-state index is 0.114. The van der Waals surface area contributed by atoms with Crippen molar-refractivity contribution < 1.29 is 21.6 Å². The molecule has 1 aromatic rings. The second-order valence-corrected chi connectivity index (χ2v) is 6.63. The van der Waals surface area contributed by atoms with Crippen LogP contribution in [-0.2, 0) is 10.0 Å². The van der Waals surface area contributed by atoms with E-state index in [4.69, 9.17) is 5.73 Å². The third-order valence-electron chi connectivity index (χ3n) is 3.32. The predicted octanol–water partition coefficient (Wildman–Crippen LogP) is 2.37. The van der Waals surface area contributed by atoms with Crippen LogP contribution < -0.4 is 5.73 Å². The lowest BCUT2D eigenvalue weighted by molar-refractivity contribution is -0.177. The third-order valence-corrected chi connectivity index (χ3v) is 5.24. The smallest absolute Gasteiger partial charge is 0.399 e. The van der Waals surface area contributed by atoms with E-state index in [-0.39, 0.29) is 17.9 Å². The van der Waals surface area contributed by atoms with Gasteiger partial charge in [0.05, 0.1) is 4.90 Å². The predicted molar refractivity (Wildman–Crippen MR) is 68.4 cm³/mol. The number of hydrogen-bond donors (Lipinski definition) is 1. The van der Waals surface area contributed by atoms with Gasteiger partial charge in [0, 0.05) is 12.2 Å². The van der Waals surface area contributed by atoms with E-state index in [0.717, 1.165) is 0 Å². The molecule has 4 nitrogen and oxygen atoms in total. The van der Waals surface area contributed by atoms with Crippen LogP contribution >= 0.6 is 0 Å². The van der Waals surface area contributed by atoms with Crippen molar-refractivity contribution in [2.24, 2.45) is 0 Å². The Hall–Kier alpha value is -1.28. The van der Waals surface area contributed by atoms with Gasteiger partial charge in [-0.05, 0) is 37.1 Å². The number of benzene rings is 1. The number of hydrogen-bond acceptors (Lipinski definition) is 3. The molecule has 1 atom stereocenters. The molecule has 1 aliphatic heterocycles. The van der Waals surface area contributed by atoms with E-state index in [9.17, 15) is 21.6 Å². The normalized spacial score (nSPS) is 21.9. The fraction of sp³-hybridized carbons (Fsp3) is 0.500. The molecule has 0 aromatic heterocycles. The first-order valence-electron chi connectivity index (χ1n) is 6.17. The van der Waals surface area contributed by atoms with Crippen LogP contribution in [0.5, 0.6) is 0 Å². The largest absolute Gasteiger partial charge is 0.405 e. The summed E-state index contributed by atoms with van der Waals surface area (Å²) in [6, 6.07) is 3.23. The van der Waals surface area contributed by atoms with Gasteiger partial charge >= 0.3 is 6.18 Å². The molecule has 0 bridgehead atoms. The van der Waals surface area contributed by atoms with Gasteiger partial charge in [0.1, 0.15) is 6.04 Å². The zero-order chi connectivity index (χ0) is 15.0. The van der Waals surface area contributed by atoms with Crippen molar-refractivity contribution >= 4 is 15.7 Å². The van der Waals surface area contributed by atoms with E-state index < -0.39 is 22.2 Å². The molecule has 1 unspecified atom stereocenters. The second-order valence-electron chi connectivity index (χ2n) is 4.74. The van der Waals surface area contributed by atoms with E-state index in [1.807, 2.05) is 0 Å². The van der Waals surface area contributed by atoms with Crippen molar-refractivity contribution in [3.63, 3.8) is 0 Å². The lowest BCUT2D eigenvalue weighted by Gasteiger charge is -2.35. The third kappa shape index (κ3) is 2.90. The van der Waals surface area contributed by atoms with Gasteiger partial charge in [-0.1, -0.05) is 6.42 Å². The Balaban J connectivity index is 2.38. The van der Waals surface area contributed by atoms with E-state index in [2.05, 4.69) is 0 Å². The number of halogens is 3. The summed E-state index contributed by atoms with van der Waals surface area (Å²) < 4.78 is 64.2. The minimum Gasteiger partial charge on any atom is -0.399 e. The maximum atomic E-state index is 13.0.